The van der Waals surface area contributed by atoms with Gasteiger partial charge in [0.25, 0.3) is 0 Å². The zero-order chi connectivity index (χ0) is 14.7. The first-order valence-electron chi connectivity index (χ1n) is 7.94. The SMILES string of the molecule is Cc1cc(CNC(C)C)cnc1N1CCCC(C)C1C. The fraction of sp³-hybridized carbons (Fsp3) is 0.706. The summed E-state index contributed by atoms with van der Waals surface area (Å²) in [6.07, 6.45) is 4.65. The highest BCUT2D eigenvalue weighted by molar-refractivity contribution is 5.48. The van der Waals surface area contributed by atoms with Crippen molar-refractivity contribution in [1.82, 2.24) is 10.3 Å². The maximum absolute atomic E-state index is 4.75. The summed E-state index contributed by atoms with van der Waals surface area (Å²) < 4.78 is 0. The van der Waals surface area contributed by atoms with Crippen LogP contribution in [0.5, 0.6) is 0 Å². The summed E-state index contributed by atoms with van der Waals surface area (Å²) in [4.78, 5) is 7.24. The number of hydrogen-bond acceptors (Lipinski definition) is 3. The van der Waals surface area contributed by atoms with Crippen LogP contribution in [0.25, 0.3) is 0 Å². The first-order valence-corrected chi connectivity index (χ1v) is 7.94. The molecule has 1 aromatic heterocycles. The lowest BCUT2D eigenvalue weighted by Gasteiger charge is -2.39. The van der Waals surface area contributed by atoms with Gasteiger partial charge in [-0.3, -0.25) is 0 Å². The molecule has 2 heterocycles. The summed E-state index contributed by atoms with van der Waals surface area (Å²) in [5, 5.41) is 3.45. The Morgan fingerprint density at radius 2 is 2.15 bits per heavy atom. The molecule has 0 aromatic carbocycles. The van der Waals surface area contributed by atoms with Crippen LogP contribution in [0, 0.1) is 12.8 Å². The van der Waals surface area contributed by atoms with Crippen LogP contribution in [0.15, 0.2) is 12.3 Å². The van der Waals surface area contributed by atoms with Crippen molar-refractivity contribution in [2.24, 2.45) is 5.92 Å². The number of pyridine rings is 1. The summed E-state index contributed by atoms with van der Waals surface area (Å²) in [5.41, 5.74) is 2.58. The van der Waals surface area contributed by atoms with Crippen LogP contribution in [-0.4, -0.2) is 23.6 Å². The van der Waals surface area contributed by atoms with E-state index in [1.54, 1.807) is 0 Å². The van der Waals surface area contributed by atoms with E-state index in [-0.39, 0.29) is 0 Å². The van der Waals surface area contributed by atoms with Crippen molar-refractivity contribution >= 4 is 5.82 Å². The van der Waals surface area contributed by atoms with Gasteiger partial charge in [-0.15, -0.1) is 0 Å². The Kier molecular flexibility index (Phi) is 5.03. The second-order valence-corrected chi connectivity index (χ2v) is 6.57. The molecular weight excluding hydrogens is 246 g/mol. The largest absolute Gasteiger partial charge is 0.353 e. The molecule has 1 saturated heterocycles. The van der Waals surface area contributed by atoms with E-state index in [9.17, 15) is 0 Å². The predicted octanol–water partition coefficient (Wildman–Crippen LogP) is 3.51. The first-order chi connectivity index (χ1) is 9.49. The third kappa shape index (κ3) is 3.51. The number of nitrogens with zero attached hydrogens (tertiary/aromatic N) is 2. The minimum absolute atomic E-state index is 0.512. The Morgan fingerprint density at radius 3 is 2.80 bits per heavy atom. The van der Waals surface area contributed by atoms with Crippen molar-refractivity contribution in [2.45, 2.75) is 66.1 Å². The molecule has 0 bridgehead atoms. The maximum Gasteiger partial charge on any atom is 0.131 e. The average molecular weight is 275 g/mol. The van der Waals surface area contributed by atoms with Crippen molar-refractivity contribution in [3.63, 3.8) is 0 Å². The molecule has 0 amide bonds. The van der Waals surface area contributed by atoms with E-state index in [1.165, 1.54) is 29.8 Å². The van der Waals surface area contributed by atoms with Gasteiger partial charge in [0.2, 0.25) is 0 Å². The number of aromatic nitrogens is 1. The fourth-order valence-electron chi connectivity index (χ4n) is 2.98. The monoisotopic (exact) mass is 275 g/mol. The molecule has 0 saturated carbocycles. The smallest absolute Gasteiger partial charge is 0.131 e. The Bertz CT molecular complexity index is 442. The molecule has 1 aromatic rings. The molecule has 3 heteroatoms. The summed E-state index contributed by atoms with van der Waals surface area (Å²) in [7, 11) is 0. The second kappa shape index (κ2) is 6.57. The Morgan fingerprint density at radius 1 is 1.40 bits per heavy atom. The van der Waals surface area contributed by atoms with Gasteiger partial charge in [-0.05, 0) is 49.8 Å². The highest BCUT2D eigenvalue weighted by atomic mass is 15.2. The van der Waals surface area contributed by atoms with Gasteiger partial charge in [0.15, 0.2) is 0 Å². The average Bonchev–Trinajstić information content (AvgIpc) is 2.40. The molecule has 20 heavy (non-hydrogen) atoms. The molecule has 2 unspecified atom stereocenters. The second-order valence-electron chi connectivity index (χ2n) is 6.57. The van der Waals surface area contributed by atoms with E-state index in [4.69, 9.17) is 4.98 Å². The minimum Gasteiger partial charge on any atom is -0.353 e. The van der Waals surface area contributed by atoms with E-state index >= 15 is 0 Å². The van der Waals surface area contributed by atoms with Crippen molar-refractivity contribution in [3.05, 3.63) is 23.4 Å². The van der Waals surface area contributed by atoms with Gasteiger partial charge in [-0.2, -0.15) is 0 Å². The summed E-state index contributed by atoms with van der Waals surface area (Å²) >= 11 is 0. The third-order valence-electron chi connectivity index (χ3n) is 4.47. The molecule has 2 atom stereocenters. The number of rotatable bonds is 4. The van der Waals surface area contributed by atoms with Gasteiger partial charge >= 0.3 is 0 Å². The van der Waals surface area contributed by atoms with Crippen LogP contribution in [0.3, 0.4) is 0 Å². The molecule has 3 nitrogen and oxygen atoms in total. The molecule has 1 fully saturated rings. The zero-order valence-corrected chi connectivity index (χ0v) is 13.6. The number of hydrogen-bond donors (Lipinski definition) is 1. The third-order valence-corrected chi connectivity index (χ3v) is 4.47. The van der Waals surface area contributed by atoms with Crippen molar-refractivity contribution in [3.8, 4) is 0 Å². The van der Waals surface area contributed by atoms with Gasteiger partial charge in [0, 0.05) is 31.4 Å². The molecule has 0 spiro atoms. The van der Waals surface area contributed by atoms with Gasteiger partial charge in [-0.25, -0.2) is 4.98 Å². The van der Waals surface area contributed by atoms with Crippen LogP contribution >= 0.6 is 0 Å². The molecule has 1 N–H and O–H groups in total. The molecule has 112 valence electrons. The topological polar surface area (TPSA) is 28.2 Å². The van der Waals surface area contributed by atoms with Gasteiger partial charge in [0.05, 0.1) is 0 Å². The van der Waals surface area contributed by atoms with E-state index in [0.29, 0.717) is 12.1 Å². The predicted molar refractivity (Wildman–Crippen MR) is 86.2 cm³/mol. The van der Waals surface area contributed by atoms with Crippen LogP contribution in [-0.2, 0) is 6.54 Å². The van der Waals surface area contributed by atoms with E-state index < -0.39 is 0 Å². The van der Waals surface area contributed by atoms with E-state index in [2.05, 4.69) is 50.9 Å². The number of aryl methyl sites for hydroxylation is 1. The molecule has 0 aliphatic carbocycles. The van der Waals surface area contributed by atoms with Crippen LogP contribution < -0.4 is 10.2 Å². The van der Waals surface area contributed by atoms with Crippen LogP contribution in [0.4, 0.5) is 5.82 Å². The van der Waals surface area contributed by atoms with Gasteiger partial charge < -0.3 is 10.2 Å². The highest BCUT2D eigenvalue weighted by Crippen LogP contribution is 2.29. The summed E-state index contributed by atoms with van der Waals surface area (Å²) in [6.45, 7) is 13.3. The van der Waals surface area contributed by atoms with E-state index in [0.717, 1.165) is 19.0 Å². The Labute approximate surface area is 123 Å². The summed E-state index contributed by atoms with van der Waals surface area (Å²) in [6, 6.07) is 3.39. The molecule has 1 aliphatic heterocycles. The first kappa shape index (κ1) is 15.3. The number of anilines is 1. The van der Waals surface area contributed by atoms with Gasteiger partial charge in [0.1, 0.15) is 5.82 Å². The Balaban J connectivity index is 2.12. The molecule has 0 radical (unpaired) electrons. The zero-order valence-electron chi connectivity index (χ0n) is 13.6. The lowest BCUT2D eigenvalue weighted by Crippen LogP contribution is -2.43. The van der Waals surface area contributed by atoms with Crippen molar-refractivity contribution in [2.75, 3.05) is 11.4 Å². The quantitative estimate of drug-likeness (QED) is 0.911. The van der Waals surface area contributed by atoms with Crippen molar-refractivity contribution < 1.29 is 0 Å². The highest BCUT2D eigenvalue weighted by Gasteiger charge is 2.26. The lowest BCUT2D eigenvalue weighted by molar-refractivity contribution is 0.361. The molecular formula is C17H29N3. The normalized spacial score (nSPS) is 23.4. The minimum atomic E-state index is 0.512. The van der Waals surface area contributed by atoms with Crippen LogP contribution in [0.2, 0.25) is 0 Å². The van der Waals surface area contributed by atoms with Crippen LogP contribution in [0.1, 0.15) is 51.7 Å². The number of nitrogens with one attached hydrogen (secondary N) is 1. The summed E-state index contributed by atoms with van der Waals surface area (Å²) in [5.74, 6) is 1.93. The molecule has 1 aliphatic rings. The molecule has 2 rings (SSSR count). The standard InChI is InChI=1S/C17H29N3/c1-12(2)18-10-16-9-14(4)17(19-11-16)20-8-6-7-13(3)15(20)5/h9,11-13,15,18H,6-8,10H2,1-5H3. The fourth-order valence-corrected chi connectivity index (χ4v) is 2.98. The Hall–Kier alpha value is -1.09. The maximum atomic E-state index is 4.75. The number of piperidine rings is 1. The lowest BCUT2D eigenvalue weighted by atomic mass is 9.92. The van der Waals surface area contributed by atoms with Crippen molar-refractivity contribution in [1.29, 1.82) is 0 Å². The van der Waals surface area contributed by atoms with Gasteiger partial charge in [-0.1, -0.05) is 20.8 Å². The van der Waals surface area contributed by atoms with E-state index in [1.807, 2.05) is 6.20 Å².